The van der Waals surface area contributed by atoms with Gasteiger partial charge in [-0.2, -0.15) is 18.2 Å². The van der Waals surface area contributed by atoms with Gasteiger partial charge in [-0.15, -0.1) is 0 Å². The van der Waals surface area contributed by atoms with E-state index in [0.29, 0.717) is 35.2 Å². The second-order valence-corrected chi connectivity index (χ2v) is 9.96. The van der Waals surface area contributed by atoms with Crippen LogP contribution in [0.25, 0.3) is 11.3 Å². The van der Waals surface area contributed by atoms with E-state index < -0.39 is 29.4 Å². The molecule has 13 nitrogen and oxygen atoms in total. The van der Waals surface area contributed by atoms with Crippen molar-refractivity contribution in [2.45, 2.75) is 25.3 Å². The van der Waals surface area contributed by atoms with Gasteiger partial charge >= 0.3 is 12.1 Å². The normalized spacial score (nSPS) is 11.3. The Bertz CT molecular complexity index is 1730. The van der Waals surface area contributed by atoms with Crippen molar-refractivity contribution >= 4 is 43.5 Å². The van der Waals surface area contributed by atoms with Crippen molar-refractivity contribution in [3.63, 3.8) is 0 Å². The van der Waals surface area contributed by atoms with Gasteiger partial charge < -0.3 is 35.5 Å². The summed E-state index contributed by atoms with van der Waals surface area (Å²) < 4.78 is 59.7. The lowest BCUT2D eigenvalue weighted by Crippen LogP contribution is -2.21. The molecule has 1 amide bonds. The number of carboxylic acid groups (broad SMARTS) is 1. The third-order valence-corrected chi connectivity index (χ3v) is 6.91. The Kier molecular flexibility index (Phi) is 10.3. The third-order valence-electron chi connectivity index (χ3n) is 6.41. The molecule has 0 aliphatic heterocycles. The van der Waals surface area contributed by atoms with Crippen LogP contribution in [0.1, 0.15) is 38.5 Å². The summed E-state index contributed by atoms with van der Waals surface area (Å²) in [7, 11) is 2.61. The van der Waals surface area contributed by atoms with E-state index in [9.17, 15) is 32.4 Å². The number of rotatable bonds is 13. The van der Waals surface area contributed by atoms with Crippen LogP contribution in [0.5, 0.6) is 5.75 Å². The van der Waals surface area contributed by atoms with Gasteiger partial charge in [0.25, 0.3) is 5.91 Å². The maximum atomic E-state index is 14.0. The number of carboxylic acids is 1. The second kappa shape index (κ2) is 14.1. The predicted molar refractivity (Wildman–Crippen MR) is 158 cm³/mol. The van der Waals surface area contributed by atoms with Crippen molar-refractivity contribution in [1.82, 2.24) is 24.8 Å². The van der Waals surface area contributed by atoms with Gasteiger partial charge in [-0.3, -0.25) is 9.36 Å². The molecule has 4 rings (SSSR count). The molecule has 5 N–H and O–H groups in total. The molecule has 4 aromatic rings. The maximum Gasteiger partial charge on any atom is 0.421 e. The number of carbonyl (C=O) groups is 2. The zero-order valence-electron chi connectivity index (χ0n) is 23.8. The number of aryl methyl sites for hydroxylation is 1. The first-order valence-electron chi connectivity index (χ1n) is 13.2. The van der Waals surface area contributed by atoms with Gasteiger partial charge in [-0.1, -0.05) is 6.07 Å². The second-order valence-electron chi connectivity index (χ2n) is 9.39. The van der Waals surface area contributed by atoms with E-state index >= 15 is 0 Å². The number of pyridine rings is 1. The molecule has 17 heteroatoms. The van der Waals surface area contributed by atoms with Crippen LogP contribution in [-0.4, -0.2) is 62.4 Å². The number of aromatic nitrogens is 4. The summed E-state index contributed by atoms with van der Waals surface area (Å²) in [5, 5.41) is 26.5. The highest BCUT2D eigenvalue weighted by Crippen LogP contribution is 2.37. The largest absolute Gasteiger partial charge is 0.495 e. The van der Waals surface area contributed by atoms with Gasteiger partial charge in [0.2, 0.25) is 5.95 Å². The van der Waals surface area contributed by atoms with Gasteiger partial charge in [0.15, 0.2) is 14.2 Å². The number of hydrogen-bond acceptors (Lipinski definition) is 10. The monoisotopic (exact) mass is 645 g/mol. The summed E-state index contributed by atoms with van der Waals surface area (Å²) in [4.78, 5) is 36.7. The molecule has 0 spiro atoms. The van der Waals surface area contributed by atoms with E-state index in [1.165, 1.54) is 43.1 Å². The first-order valence-corrected chi connectivity index (χ1v) is 14.2. The number of nitrogens with one attached hydrogen (secondary N) is 3. The standard InChI is InChI=1S/C28H27F3N7O6P/c1-32-25(40)23-20(7-6-18(34-23)16-11-21(26(41)42)38(13-16)8-3-9-39)35-24-17(28(29,30)31)12-33-27(37-24)36-19-5-4-15(14-45-43)10-22(19)44-2/h4-7,10-13,39H,3,8-9,14H2,1-2H3,(H,32,40)(H,41,42)(H2,33,35,36,37). The molecule has 0 aliphatic carbocycles. The number of amides is 1. The number of aromatic carboxylic acids is 1. The number of benzene rings is 1. The van der Waals surface area contributed by atoms with Crippen molar-refractivity contribution in [2.75, 3.05) is 31.4 Å². The smallest absolute Gasteiger partial charge is 0.421 e. The summed E-state index contributed by atoms with van der Waals surface area (Å²) in [6.07, 6.45) is -2.27. The zero-order chi connectivity index (χ0) is 32.7. The highest BCUT2D eigenvalue weighted by Gasteiger charge is 2.36. The van der Waals surface area contributed by atoms with Gasteiger partial charge in [-0.05, 0) is 42.3 Å². The van der Waals surface area contributed by atoms with Crippen LogP contribution in [0.15, 0.2) is 48.8 Å². The first kappa shape index (κ1) is 32.8. The molecule has 3 aromatic heterocycles. The topological polar surface area (TPSA) is 181 Å². The minimum Gasteiger partial charge on any atom is -0.495 e. The zero-order valence-corrected chi connectivity index (χ0v) is 24.7. The molecule has 0 unspecified atom stereocenters. The van der Waals surface area contributed by atoms with E-state index in [1.807, 2.05) is 0 Å². The van der Waals surface area contributed by atoms with Crippen molar-refractivity contribution in [3.05, 3.63) is 71.3 Å². The molecule has 0 saturated carbocycles. The van der Waals surface area contributed by atoms with Gasteiger partial charge in [0, 0.05) is 38.2 Å². The fourth-order valence-corrected chi connectivity index (χ4v) is 4.62. The van der Waals surface area contributed by atoms with E-state index in [1.54, 1.807) is 18.2 Å². The fourth-order valence-electron chi connectivity index (χ4n) is 4.27. The molecule has 1 aromatic carbocycles. The van der Waals surface area contributed by atoms with Crippen molar-refractivity contribution in [1.29, 1.82) is 0 Å². The third kappa shape index (κ3) is 7.72. The summed E-state index contributed by atoms with van der Waals surface area (Å²) in [6, 6.07) is 8.92. The Balaban J connectivity index is 1.74. The summed E-state index contributed by atoms with van der Waals surface area (Å²) >= 11 is 0. The minimum atomic E-state index is -4.87. The number of carbonyl (C=O) groups excluding carboxylic acids is 1. The van der Waals surface area contributed by atoms with Gasteiger partial charge in [0.1, 0.15) is 22.8 Å². The Morgan fingerprint density at radius 1 is 1.09 bits per heavy atom. The van der Waals surface area contributed by atoms with Crippen LogP contribution < -0.4 is 20.7 Å². The lowest BCUT2D eigenvalue weighted by Gasteiger charge is -2.17. The van der Waals surface area contributed by atoms with Crippen molar-refractivity contribution in [2.24, 2.45) is 0 Å². The lowest BCUT2D eigenvalue weighted by molar-refractivity contribution is -0.137. The van der Waals surface area contributed by atoms with Crippen LogP contribution in [0.4, 0.5) is 36.3 Å². The van der Waals surface area contributed by atoms with Crippen molar-refractivity contribution < 1.29 is 42.3 Å². The van der Waals surface area contributed by atoms with Crippen LogP contribution >= 0.6 is 8.46 Å². The highest BCUT2D eigenvalue weighted by atomic mass is 31.1. The molecule has 0 bridgehead atoms. The first-order chi connectivity index (χ1) is 21.5. The maximum absolute atomic E-state index is 14.0. The number of nitrogens with zero attached hydrogens (tertiary/aromatic N) is 4. The number of ether oxygens (including phenoxy) is 1. The molecular weight excluding hydrogens is 618 g/mol. The van der Waals surface area contributed by atoms with Crippen molar-refractivity contribution in [3.8, 4) is 17.0 Å². The fraction of sp³-hybridized carbons (Fsp3) is 0.250. The molecule has 0 atom stereocenters. The molecular formula is C28H27F3N7O6P. The molecule has 0 fully saturated rings. The van der Waals surface area contributed by atoms with Gasteiger partial charge in [0.05, 0.1) is 30.3 Å². The number of anilines is 4. The molecule has 45 heavy (non-hydrogen) atoms. The van der Waals surface area contributed by atoms with E-state index in [2.05, 4.69) is 30.9 Å². The van der Waals surface area contributed by atoms with Crippen LogP contribution in [0, 0.1) is 0 Å². The number of hydrogen-bond donors (Lipinski definition) is 5. The Labute approximate surface area is 255 Å². The average Bonchev–Trinajstić information content (AvgIpc) is 3.45. The SMILES string of the molecule is CNC(=O)c1nc(-c2cc(C(=O)O)n(CCCO)c2)ccc1Nc1nc(Nc2ccc(CP=O)cc2OC)ncc1C(F)(F)F. The predicted octanol–water partition coefficient (Wildman–Crippen LogP) is 5.09. The summed E-state index contributed by atoms with van der Waals surface area (Å²) in [5.74, 6) is -2.54. The summed E-state index contributed by atoms with van der Waals surface area (Å²) in [6.45, 7) is 0.0501. The number of halogens is 3. The number of methoxy groups -OCH3 is 1. The number of alkyl halides is 3. The van der Waals surface area contributed by atoms with E-state index in [-0.39, 0.29) is 56.5 Å². The average molecular weight is 646 g/mol. The molecule has 236 valence electrons. The molecule has 0 saturated heterocycles. The van der Waals surface area contributed by atoms with Gasteiger partial charge in [-0.25, -0.2) is 14.8 Å². The number of aliphatic hydroxyl groups is 1. The lowest BCUT2D eigenvalue weighted by atomic mass is 10.1. The van der Waals surface area contributed by atoms with E-state index in [0.717, 1.165) is 0 Å². The van der Waals surface area contributed by atoms with Crippen LogP contribution in [-0.2, 0) is 23.4 Å². The highest BCUT2D eigenvalue weighted by molar-refractivity contribution is 7.22. The Hall–Kier alpha value is -5.08. The quantitative estimate of drug-likeness (QED) is 0.122. The Morgan fingerprint density at radius 3 is 2.49 bits per heavy atom. The van der Waals surface area contributed by atoms with Crippen LogP contribution in [0.2, 0.25) is 0 Å². The molecule has 0 aliphatic rings. The Morgan fingerprint density at radius 2 is 1.84 bits per heavy atom. The molecule has 0 radical (unpaired) electrons. The summed E-state index contributed by atoms with van der Waals surface area (Å²) in [5.41, 5.74) is -0.156. The minimum absolute atomic E-state index is 0.0731. The molecule has 3 heterocycles. The van der Waals surface area contributed by atoms with E-state index in [4.69, 9.17) is 9.84 Å². The number of aliphatic hydroxyl groups excluding tert-OH is 1. The van der Waals surface area contributed by atoms with Crippen LogP contribution in [0.3, 0.4) is 0 Å².